The molecule has 0 unspecified atom stereocenters. The molecule has 156 valence electrons. The maximum absolute atomic E-state index is 13.1. The van der Waals surface area contributed by atoms with Crippen molar-refractivity contribution >= 4 is 33.2 Å². The molecule has 1 atom stereocenters. The van der Waals surface area contributed by atoms with Crippen LogP contribution in [-0.4, -0.2) is 45.4 Å². The Morgan fingerprint density at radius 3 is 2.62 bits per heavy atom. The van der Waals surface area contributed by atoms with Crippen LogP contribution in [0.5, 0.6) is 5.75 Å². The van der Waals surface area contributed by atoms with Crippen molar-refractivity contribution in [2.45, 2.75) is 24.7 Å². The summed E-state index contributed by atoms with van der Waals surface area (Å²) in [7, 11) is -2.03. The monoisotopic (exact) mass is 436 g/mol. The summed E-state index contributed by atoms with van der Waals surface area (Å²) in [4.78, 5) is 14.6. The molecule has 2 aromatic carbocycles. The quantitative estimate of drug-likeness (QED) is 0.690. The number of ether oxygens (including phenoxy) is 1. The van der Waals surface area contributed by atoms with Crippen molar-refractivity contribution < 1.29 is 17.9 Å². The fourth-order valence-electron chi connectivity index (χ4n) is 3.48. The molecule has 0 aliphatic carbocycles. The summed E-state index contributed by atoms with van der Waals surface area (Å²) in [6.07, 6.45) is 1.29. The number of para-hydroxylation sites is 1. The lowest BCUT2D eigenvalue weighted by molar-refractivity contribution is -0.123. The zero-order chi connectivity index (χ0) is 21.0. The van der Waals surface area contributed by atoms with E-state index < -0.39 is 10.0 Å². The van der Waals surface area contributed by atoms with Crippen LogP contribution in [0.25, 0.3) is 0 Å². The Morgan fingerprint density at radius 1 is 1.24 bits per heavy atom. The van der Waals surface area contributed by atoms with Crippen molar-refractivity contribution in [1.29, 1.82) is 0 Å². The van der Waals surface area contributed by atoms with Gasteiger partial charge in [-0.05, 0) is 50.1 Å². The number of carbonyl (C=O) groups excluding carboxylic acids is 1. The standard InChI is InChI=1S/C21H25ClN2O4S/c1-3-28-20-12-11-18(14-19(20)22)29(26,27)24-13-7-8-16(15-24)21(25)23(2)17-9-5-4-6-10-17/h4-6,9-12,14,16H,3,7-8,13,15H2,1-2H3/t16-/m0/s1. The minimum absolute atomic E-state index is 0.0826. The van der Waals surface area contributed by atoms with E-state index in [0.29, 0.717) is 31.7 Å². The normalized spacial score (nSPS) is 17.7. The van der Waals surface area contributed by atoms with Crippen LogP contribution >= 0.6 is 11.6 Å². The van der Waals surface area contributed by atoms with Crippen LogP contribution in [-0.2, 0) is 14.8 Å². The van der Waals surface area contributed by atoms with Crippen LogP contribution in [0.15, 0.2) is 53.4 Å². The first-order chi connectivity index (χ1) is 13.8. The van der Waals surface area contributed by atoms with E-state index in [4.69, 9.17) is 16.3 Å². The van der Waals surface area contributed by atoms with Gasteiger partial charge >= 0.3 is 0 Å². The molecule has 0 N–H and O–H groups in total. The predicted octanol–water partition coefficient (Wildman–Crippen LogP) is 3.80. The van der Waals surface area contributed by atoms with Gasteiger partial charge in [-0.15, -0.1) is 0 Å². The lowest BCUT2D eigenvalue weighted by atomic mass is 9.98. The predicted molar refractivity (Wildman–Crippen MR) is 114 cm³/mol. The highest BCUT2D eigenvalue weighted by Gasteiger charge is 2.35. The lowest BCUT2D eigenvalue weighted by Gasteiger charge is -2.33. The molecule has 0 spiro atoms. The van der Waals surface area contributed by atoms with Gasteiger partial charge in [0.1, 0.15) is 5.75 Å². The van der Waals surface area contributed by atoms with Gasteiger partial charge in [0.25, 0.3) is 0 Å². The lowest BCUT2D eigenvalue weighted by Crippen LogP contribution is -2.45. The fourth-order valence-corrected chi connectivity index (χ4v) is 5.33. The third-order valence-electron chi connectivity index (χ3n) is 5.05. The van der Waals surface area contributed by atoms with Gasteiger partial charge in [-0.25, -0.2) is 8.42 Å². The number of halogens is 1. The molecule has 2 aromatic rings. The van der Waals surface area contributed by atoms with Gasteiger partial charge < -0.3 is 9.64 Å². The minimum Gasteiger partial charge on any atom is -0.492 e. The van der Waals surface area contributed by atoms with E-state index in [0.717, 1.165) is 5.69 Å². The second kappa shape index (κ2) is 9.15. The minimum atomic E-state index is -3.75. The number of nitrogens with zero attached hydrogens (tertiary/aromatic N) is 2. The van der Waals surface area contributed by atoms with E-state index >= 15 is 0 Å². The number of anilines is 1. The Labute approximate surface area is 177 Å². The third-order valence-corrected chi connectivity index (χ3v) is 7.20. The van der Waals surface area contributed by atoms with Crippen molar-refractivity contribution in [3.8, 4) is 5.75 Å². The fraction of sp³-hybridized carbons (Fsp3) is 0.381. The molecule has 1 aliphatic rings. The third kappa shape index (κ3) is 4.74. The number of amides is 1. The maximum Gasteiger partial charge on any atom is 0.243 e. The van der Waals surface area contributed by atoms with Crippen molar-refractivity contribution in [2.24, 2.45) is 5.92 Å². The summed E-state index contributed by atoms with van der Waals surface area (Å²) in [5.74, 6) is -0.0213. The van der Waals surface area contributed by atoms with Gasteiger partial charge in [0.15, 0.2) is 0 Å². The molecule has 8 heteroatoms. The van der Waals surface area contributed by atoms with Crippen molar-refractivity contribution in [2.75, 3.05) is 31.6 Å². The average molecular weight is 437 g/mol. The van der Waals surface area contributed by atoms with E-state index in [1.807, 2.05) is 37.3 Å². The number of rotatable bonds is 6. The SMILES string of the molecule is CCOc1ccc(S(=O)(=O)N2CCC[C@H](C(=O)N(C)c3ccccc3)C2)cc1Cl. The highest BCUT2D eigenvalue weighted by molar-refractivity contribution is 7.89. The molecule has 0 bridgehead atoms. The maximum atomic E-state index is 13.1. The van der Waals surface area contributed by atoms with E-state index in [9.17, 15) is 13.2 Å². The van der Waals surface area contributed by atoms with Crippen LogP contribution < -0.4 is 9.64 Å². The first kappa shape index (κ1) is 21.6. The Bertz CT molecular complexity index is 966. The first-order valence-corrected chi connectivity index (χ1v) is 11.4. The van der Waals surface area contributed by atoms with Crippen LogP contribution in [0.2, 0.25) is 5.02 Å². The summed E-state index contributed by atoms with van der Waals surface area (Å²) >= 11 is 6.17. The van der Waals surface area contributed by atoms with Gasteiger partial charge in [0.2, 0.25) is 15.9 Å². The van der Waals surface area contributed by atoms with Crippen LogP contribution in [0.3, 0.4) is 0 Å². The molecular weight excluding hydrogens is 412 g/mol. The Hall–Kier alpha value is -2.09. The van der Waals surface area contributed by atoms with E-state index in [2.05, 4.69) is 0 Å². The molecule has 0 aromatic heterocycles. The van der Waals surface area contributed by atoms with Gasteiger partial charge in [0.05, 0.1) is 22.4 Å². The second-order valence-electron chi connectivity index (χ2n) is 6.96. The molecule has 1 fully saturated rings. The largest absolute Gasteiger partial charge is 0.492 e. The molecular formula is C21H25ClN2O4S. The Balaban J connectivity index is 1.77. The molecule has 1 aliphatic heterocycles. The summed E-state index contributed by atoms with van der Waals surface area (Å²) in [6.45, 7) is 2.81. The van der Waals surface area contributed by atoms with E-state index in [1.54, 1.807) is 18.0 Å². The summed E-state index contributed by atoms with van der Waals surface area (Å²) in [5.41, 5.74) is 0.788. The first-order valence-electron chi connectivity index (χ1n) is 9.59. The summed E-state index contributed by atoms with van der Waals surface area (Å²) in [5, 5.41) is 0.251. The number of hydrogen-bond acceptors (Lipinski definition) is 4. The Kier molecular flexibility index (Phi) is 6.82. The highest BCUT2D eigenvalue weighted by atomic mass is 35.5. The van der Waals surface area contributed by atoms with Gasteiger partial charge in [0, 0.05) is 25.8 Å². The van der Waals surface area contributed by atoms with Crippen molar-refractivity contribution in [3.05, 3.63) is 53.6 Å². The number of benzene rings is 2. The Morgan fingerprint density at radius 2 is 1.97 bits per heavy atom. The topological polar surface area (TPSA) is 66.9 Å². The van der Waals surface area contributed by atoms with Crippen molar-refractivity contribution in [3.63, 3.8) is 0 Å². The van der Waals surface area contributed by atoms with Crippen molar-refractivity contribution in [1.82, 2.24) is 4.31 Å². The number of piperidine rings is 1. The molecule has 29 heavy (non-hydrogen) atoms. The molecule has 1 amide bonds. The second-order valence-corrected chi connectivity index (χ2v) is 9.31. The summed E-state index contributed by atoms with van der Waals surface area (Å²) in [6, 6.07) is 13.8. The molecule has 6 nitrogen and oxygen atoms in total. The van der Waals surface area contributed by atoms with Crippen LogP contribution in [0, 0.1) is 5.92 Å². The zero-order valence-corrected chi connectivity index (χ0v) is 18.1. The number of carbonyl (C=O) groups is 1. The molecule has 1 heterocycles. The molecule has 0 saturated carbocycles. The zero-order valence-electron chi connectivity index (χ0n) is 16.5. The number of sulfonamides is 1. The smallest absolute Gasteiger partial charge is 0.243 e. The van der Waals surface area contributed by atoms with Gasteiger partial charge in [-0.3, -0.25) is 4.79 Å². The summed E-state index contributed by atoms with van der Waals surface area (Å²) < 4.78 is 33.0. The molecule has 1 saturated heterocycles. The average Bonchev–Trinajstić information content (AvgIpc) is 2.75. The highest BCUT2D eigenvalue weighted by Crippen LogP contribution is 2.31. The number of hydrogen-bond donors (Lipinski definition) is 0. The molecule has 0 radical (unpaired) electrons. The van der Waals surface area contributed by atoms with Crippen LogP contribution in [0.4, 0.5) is 5.69 Å². The van der Waals surface area contributed by atoms with Crippen LogP contribution in [0.1, 0.15) is 19.8 Å². The molecule has 3 rings (SSSR count). The van der Waals surface area contributed by atoms with E-state index in [-0.39, 0.29) is 28.3 Å². The van der Waals surface area contributed by atoms with E-state index in [1.165, 1.54) is 16.4 Å². The van der Waals surface area contributed by atoms with Gasteiger partial charge in [-0.2, -0.15) is 4.31 Å². The van der Waals surface area contributed by atoms with Gasteiger partial charge in [-0.1, -0.05) is 29.8 Å².